The molecule has 1 spiro atoms. The fraction of sp³-hybridized carbons (Fsp3) is 0.864. The number of nitrogens with zero attached hydrogens (tertiary/aromatic N) is 1. The Kier molecular flexibility index (Phi) is 4.13. The molecule has 0 aromatic rings. The van der Waals surface area contributed by atoms with Gasteiger partial charge in [0.1, 0.15) is 12.2 Å². The highest BCUT2D eigenvalue weighted by molar-refractivity contribution is 5.89. The van der Waals surface area contributed by atoms with Crippen molar-refractivity contribution in [2.45, 2.75) is 83.1 Å². The molecule has 29 heavy (non-hydrogen) atoms. The Morgan fingerprint density at radius 1 is 1.14 bits per heavy atom. The Bertz CT molecular complexity index is 768. The molecule has 1 aliphatic carbocycles. The molecule has 9 atom stereocenters. The molecular formula is C22H31NO6. The molecule has 5 aliphatic rings. The summed E-state index contributed by atoms with van der Waals surface area (Å²) in [6, 6.07) is -0.341. The lowest BCUT2D eigenvalue weighted by molar-refractivity contribution is -0.200. The number of piperidine rings is 1. The lowest BCUT2D eigenvalue weighted by Crippen LogP contribution is -2.69. The van der Waals surface area contributed by atoms with Crippen molar-refractivity contribution in [1.82, 2.24) is 4.90 Å². The monoisotopic (exact) mass is 405 g/mol. The van der Waals surface area contributed by atoms with Crippen molar-refractivity contribution in [3.63, 3.8) is 0 Å². The zero-order chi connectivity index (χ0) is 20.7. The van der Waals surface area contributed by atoms with E-state index < -0.39 is 29.1 Å². The molecule has 0 aromatic carbocycles. The quantitative estimate of drug-likeness (QED) is 0.703. The van der Waals surface area contributed by atoms with Crippen LogP contribution in [0.1, 0.15) is 59.3 Å². The van der Waals surface area contributed by atoms with E-state index in [4.69, 9.17) is 9.47 Å². The molecule has 5 fully saturated rings. The number of cyclic esters (lactones) is 1. The summed E-state index contributed by atoms with van der Waals surface area (Å²) in [5.41, 5.74) is -2.22. The van der Waals surface area contributed by atoms with Crippen LogP contribution in [0.25, 0.3) is 0 Å². The van der Waals surface area contributed by atoms with E-state index in [2.05, 4.69) is 0 Å². The van der Waals surface area contributed by atoms with Gasteiger partial charge < -0.3 is 19.5 Å². The fourth-order valence-electron chi connectivity index (χ4n) is 7.53. The number of hydrogen-bond acceptors (Lipinski definition) is 6. The number of ether oxygens (including phenoxy) is 2. The summed E-state index contributed by atoms with van der Waals surface area (Å²) in [5, 5.41) is 12.3. The normalized spacial score (nSPS) is 51.4. The smallest absolute Gasteiger partial charge is 0.309 e. The average Bonchev–Trinajstić information content (AvgIpc) is 3.19. The van der Waals surface area contributed by atoms with Gasteiger partial charge >= 0.3 is 11.9 Å². The number of esters is 2. The minimum Gasteiger partial charge on any atom is -0.461 e. The molecule has 0 aromatic heterocycles. The van der Waals surface area contributed by atoms with Crippen LogP contribution in [0.15, 0.2) is 0 Å². The first-order valence-electron chi connectivity index (χ1n) is 11.2. The number of carbonyl (C=O) groups excluding carboxylic acids is 3. The summed E-state index contributed by atoms with van der Waals surface area (Å²) in [6.07, 6.45) is 3.14. The Morgan fingerprint density at radius 3 is 2.55 bits per heavy atom. The van der Waals surface area contributed by atoms with E-state index in [0.717, 1.165) is 12.8 Å². The van der Waals surface area contributed by atoms with Gasteiger partial charge in [-0.3, -0.25) is 14.4 Å². The number of hydrogen-bond donors (Lipinski definition) is 1. The maximum Gasteiger partial charge on any atom is 0.309 e. The van der Waals surface area contributed by atoms with E-state index in [1.165, 1.54) is 0 Å². The molecule has 4 heterocycles. The summed E-state index contributed by atoms with van der Waals surface area (Å²) in [5.74, 6) is -1.72. The highest BCUT2D eigenvalue weighted by Gasteiger charge is 2.78. The summed E-state index contributed by atoms with van der Waals surface area (Å²) >= 11 is 0. The second kappa shape index (κ2) is 6.19. The number of amides is 1. The summed E-state index contributed by atoms with van der Waals surface area (Å²) < 4.78 is 11.4. The van der Waals surface area contributed by atoms with Crippen LogP contribution in [-0.2, 0) is 23.9 Å². The minimum atomic E-state index is -1.31. The van der Waals surface area contributed by atoms with Gasteiger partial charge in [-0.1, -0.05) is 27.2 Å². The van der Waals surface area contributed by atoms with Gasteiger partial charge in [-0.25, -0.2) is 0 Å². The molecule has 2 bridgehead atoms. The van der Waals surface area contributed by atoms with Crippen molar-refractivity contribution in [3.8, 4) is 0 Å². The molecule has 5 rings (SSSR count). The SMILES string of the molecule is CC[C@H]1[C@H]2OC(=O)[C@@H](C)[C@H]2[C@@]2(O)C[C@@H]([C@@H]3C[C@H](C)C(=O)O3)N3CCCC[C@@]12C3=O. The Labute approximate surface area is 171 Å². The molecule has 1 N–H and O–H groups in total. The second-order valence-electron chi connectivity index (χ2n) is 9.97. The minimum absolute atomic E-state index is 0.0196. The Morgan fingerprint density at radius 2 is 1.90 bits per heavy atom. The van der Waals surface area contributed by atoms with Crippen LogP contribution < -0.4 is 0 Å². The van der Waals surface area contributed by atoms with Gasteiger partial charge in [0.05, 0.1) is 28.9 Å². The largest absolute Gasteiger partial charge is 0.461 e. The highest BCUT2D eigenvalue weighted by atomic mass is 16.6. The first kappa shape index (κ1) is 19.3. The molecular weight excluding hydrogens is 374 g/mol. The van der Waals surface area contributed by atoms with Crippen molar-refractivity contribution in [2.75, 3.05) is 6.54 Å². The molecule has 4 saturated heterocycles. The van der Waals surface area contributed by atoms with E-state index in [0.29, 0.717) is 32.2 Å². The Hall–Kier alpha value is -1.63. The zero-order valence-electron chi connectivity index (χ0n) is 17.4. The van der Waals surface area contributed by atoms with Crippen molar-refractivity contribution in [1.29, 1.82) is 0 Å². The standard InChI is InChI=1S/C22H31NO6/c1-4-13-17-16(12(3)19(25)29-17)22(27)10-14(15-9-11(2)18(24)28-15)23-8-6-5-7-21(13,22)20(23)26/h11-17,27H,4-10H2,1-3H3/t11-,12-,13-,14-,15-,16+,17+,21-,22-/m0/s1. The van der Waals surface area contributed by atoms with E-state index in [-0.39, 0.29) is 41.6 Å². The zero-order valence-corrected chi connectivity index (χ0v) is 17.4. The van der Waals surface area contributed by atoms with Crippen molar-refractivity contribution >= 4 is 17.8 Å². The van der Waals surface area contributed by atoms with Crippen molar-refractivity contribution in [3.05, 3.63) is 0 Å². The van der Waals surface area contributed by atoms with Crippen LogP contribution in [0.4, 0.5) is 0 Å². The third kappa shape index (κ3) is 2.20. The van der Waals surface area contributed by atoms with Crippen LogP contribution in [0, 0.1) is 29.1 Å². The average molecular weight is 405 g/mol. The maximum absolute atomic E-state index is 14.0. The van der Waals surface area contributed by atoms with Gasteiger partial charge in [0, 0.05) is 24.8 Å². The van der Waals surface area contributed by atoms with Gasteiger partial charge in [0.15, 0.2) is 0 Å². The van der Waals surface area contributed by atoms with Gasteiger partial charge in [0.2, 0.25) is 5.91 Å². The van der Waals surface area contributed by atoms with Gasteiger partial charge in [0.25, 0.3) is 0 Å². The maximum atomic E-state index is 14.0. The molecule has 4 aliphatic heterocycles. The molecule has 160 valence electrons. The van der Waals surface area contributed by atoms with Crippen LogP contribution >= 0.6 is 0 Å². The molecule has 1 saturated carbocycles. The summed E-state index contributed by atoms with van der Waals surface area (Å²) in [6.45, 7) is 6.31. The number of carbonyl (C=O) groups is 3. The number of fused-ring (bicyclic) bond motifs is 3. The number of aliphatic hydroxyl groups is 1. The Balaban J connectivity index is 1.63. The summed E-state index contributed by atoms with van der Waals surface area (Å²) in [4.78, 5) is 40.4. The predicted octanol–water partition coefficient (Wildman–Crippen LogP) is 1.66. The second-order valence-corrected chi connectivity index (χ2v) is 9.97. The fourth-order valence-corrected chi connectivity index (χ4v) is 7.53. The summed E-state index contributed by atoms with van der Waals surface area (Å²) in [7, 11) is 0. The van der Waals surface area contributed by atoms with E-state index >= 15 is 0 Å². The van der Waals surface area contributed by atoms with Gasteiger partial charge in [-0.05, 0) is 25.7 Å². The van der Waals surface area contributed by atoms with Gasteiger partial charge in [-0.2, -0.15) is 0 Å². The third-order valence-electron chi connectivity index (χ3n) is 8.78. The van der Waals surface area contributed by atoms with Crippen LogP contribution in [-0.4, -0.2) is 58.2 Å². The van der Waals surface area contributed by atoms with Crippen LogP contribution in [0.2, 0.25) is 0 Å². The van der Waals surface area contributed by atoms with Crippen LogP contribution in [0.3, 0.4) is 0 Å². The first-order valence-corrected chi connectivity index (χ1v) is 11.2. The van der Waals surface area contributed by atoms with Crippen LogP contribution in [0.5, 0.6) is 0 Å². The third-order valence-corrected chi connectivity index (χ3v) is 8.78. The number of rotatable bonds is 2. The van der Waals surface area contributed by atoms with E-state index in [1.807, 2.05) is 25.7 Å². The molecule has 7 heteroatoms. The molecule has 1 amide bonds. The first-order chi connectivity index (χ1) is 13.8. The lowest BCUT2D eigenvalue weighted by atomic mass is 9.58. The lowest BCUT2D eigenvalue weighted by Gasteiger charge is -2.55. The molecule has 0 radical (unpaired) electrons. The van der Waals surface area contributed by atoms with E-state index in [9.17, 15) is 19.5 Å². The highest BCUT2D eigenvalue weighted by Crippen LogP contribution is 2.67. The topological polar surface area (TPSA) is 93.1 Å². The van der Waals surface area contributed by atoms with Crippen molar-refractivity contribution < 1.29 is 29.0 Å². The van der Waals surface area contributed by atoms with Gasteiger partial charge in [-0.15, -0.1) is 0 Å². The molecule has 0 unspecified atom stereocenters. The van der Waals surface area contributed by atoms with Crippen molar-refractivity contribution in [2.24, 2.45) is 29.1 Å². The molecule has 7 nitrogen and oxygen atoms in total. The van der Waals surface area contributed by atoms with E-state index in [1.54, 1.807) is 0 Å². The predicted molar refractivity (Wildman–Crippen MR) is 101 cm³/mol.